The summed E-state index contributed by atoms with van der Waals surface area (Å²) < 4.78 is 38.9. The number of rotatable bonds is 6. The van der Waals surface area contributed by atoms with Crippen LogP contribution >= 0.6 is 15.9 Å². The van der Waals surface area contributed by atoms with Gasteiger partial charge in [0.2, 0.25) is 0 Å². The third kappa shape index (κ3) is 4.31. The number of anilines is 1. The van der Waals surface area contributed by atoms with Crippen molar-refractivity contribution in [2.45, 2.75) is 17.7 Å². The highest BCUT2D eigenvalue weighted by atomic mass is 79.9. The molecule has 3 heterocycles. The van der Waals surface area contributed by atoms with Crippen LogP contribution in [0.5, 0.6) is 11.5 Å². The first-order chi connectivity index (χ1) is 15.9. The van der Waals surface area contributed by atoms with E-state index in [1.807, 2.05) is 6.07 Å². The molecule has 0 aliphatic carbocycles. The van der Waals surface area contributed by atoms with Crippen molar-refractivity contribution in [2.24, 2.45) is 0 Å². The van der Waals surface area contributed by atoms with Crippen LogP contribution in [0.25, 0.3) is 0 Å². The van der Waals surface area contributed by atoms with Crippen molar-refractivity contribution in [2.75, 3.05) is 57.4 Å². The highest BCUT2D eigenvalue weighted by Gasteiger charge is 2.40. The van der Waals surface area contributed by atoms with Crippen LogP contribution in [0.1, 0.15) is 23.2 Å². The quantitative estimate of drug-likeness (QED) is 0.526. The molecule has 0 unspecified atom stereocenters. The summed E-state index contributed by atoms with van der Waals surface area (Å²) in [5, 5.41) is 0. The number of hydrogen-bond acceptors (Lipinski definition) is 7. The number of carbonyl (C=O) groups excluding carboxylic acids is 1. The van der Waals surface area contributed by atoms with Gasteiger partial charge >= 0.3 is 0 Å². The Balaban J connectivity index is 1.12. The summed E-state index contributed by atoms with van der Waals surface area (Å²) in [6.07, 6.45) is 1.47. The van der Waals surface area contributed by atoms with Crippen molar-refractivity contribution in [1.82, 2.24) is 9.21 Å². The maximum absolute atomic E-state index is 12.7. The molecule has 0 spiro atoms. The number of sulfonamides is 1. The van der Waals surface area contributed by atoms with Gasteiger partial charge in [-0.2, -0.15) is 0 Å². The average molecular weight is 536 g/mol. The van der Waals surface area contributed by atoms with Gasteiger partial charge in [0.1, 0.15) is 18.1 Å². The zero-order valence-electron chi connectivity index (χ0n) is 18.2. The highest BCUT2D eigenvalue weighted by molar-refractivity contribution is 9.10. The molecule has 0 bridgehead atoms. The van der Waals surface area contributed by atoms with Crippen molar-refractivity contribution >= 4 is 37.5 Å². The lowest BCUT2D eigenvalue weighted by Crippen LogP contribution is -2.47. The zero-order valence-corrected chi connectivity index (χ0v) is 20.6. The molecule has 2 aromatic carbocycles. The molecule has 3 aliphatic heterocycles. The molecule has 1 fully saturated rings. The van der Waals surface area contributed by atoms with E-state index >= 15 is 0 Å². The number of halogens is 1. The summed E-state index contributed by atoms with van der Waals surface area (Å²) in [6, 6.07) is 10.4. The van der Waals surface area contributed by atoms with E-state index in [1.54, 1.807) is 18.2 Å². The van der Waals surface area contributed by atoms with Crippen LogP contribution in [0.2, 0.25) is 0 Å². The van der Waals surface area contributed by atoms with Crippen LogP contribution in [0.15, 0.2) is 45.8 Å². The average Bonchev–Trinajstić information content (AvgIpc) is 3.02. The maximum atomic E-state index is 12.7. The van der Waals surface area contributed by atoms with E-state index in [-0.39, 0.29) is 17.0 Å². The van der Waals surface area contributed by atoms with E-state index in [4.69, 9.17) is 9.47 Å². The molecule has 10 heteroatoms. The normalized spacial score (nSPS) is 19.6. The smallest absolute Gasteiger partial charge is 0.269 e. The van der Waals surface area contributed by atoms with Crippen LogP contribution in [-0.2, 0) is 10.0 Å². The third-order valence-corrected chi connectivity index (χ3v) is 8.60. The van der Waals surface area contributed by atoms with Gasteiger partial charge in [0, 0.05) is 37.2 Å². The molecule has 0 atom stereocenters. The van der Waals surface area contributed by atoms with Gasteiger partial charge < -0.3 is 14.4 Å². The van der Waals surface area contributed by atoms with E-state index < -0.39 is 15.9 Å². The number of nitrogens with zero attached hydrogens (tertiary/aromatic N) is 3. The van der Waals surface area contributed by atoms with Crippen LogP contribution in [-0.4, -0.2) is 76.0 Å². The lowest BCUT2D eigenvalue weighted by Gasteiger charge is -2.37. The Bertz CT molecular complexity index is 1160. The topological polar surface area (TPSA) is 79.4 Å². The third-order valence-electron chi connectivity index (χ3n) is 6.30. The number of unbranched alkanes of at least 4 members (excludes halogenated alkanes) is 1. The highest BCUT2D eigenvalue weighted by Crippen LogP contribution is 2.42. The Morgan fingerprint density at radius 1 is 0.939 bits per heavy atom. The molecule has 0 radical (unpaired) electrons. The second-order valence-corrected chi connectivity index (χ2v) is 11.1. The lowest BCUT2D eigenvalue weighted by atomic mass is 10.2. The molecule has 3 aliphatic rings. The number of amides is 1. The van der Waals surface area contributed by atoms with Gasteiger partial charge in [-0.25, -0.2) is 12.7 Å². The second kappa shape index (κ2) is 9.15. The van der Waals surface area contributed by atoms with E-state index in [0.29, 0.717) is 19.6 Å². The summed E-state index contributed by atoms with van der Waals surface area (Å²) in [5.74, 6) is 1.18. The molecule has 33 heavy (non-hydrogen) atoms. The van der Waals surface area contributed by atoms with Crippen molar-refractivity contribution in [3.05, 3.63) is 46.4 Å². The number of ether oxygens (including phenoxy) is 2. The Kier molecular flexibility index (Phi) is 6.24. The fraction of sp³-hybridized carbons (Fsp3) is 0.435. The van der Waals surface area contributed by atoms with E-state index in [9.17, 15) is 13.2 Å². The first kappa shape index (κ1) is 22.5. The summed E-state index contributed by atoms with van der Waals surface area (Å²) in [7, 11) is -3.71. The Labute approximate surface area is 202 Å². The van der Waals surface area contributed by atoms with Crippen LogP contribution in [0.4, 0.5) is 5.69 Å². The molecule has 5 rings (SSSR count). The zero-order chi connectivity index (χ0) is 23.0. The Hall–Kier alpha value is -2.30. The molecule has 1 saturated heterocycles. The molecule has 176 valence electrons. The maximum Gasteiger partial charge on any atom is 0.269 e. The van der Waals surface area contributed by atoms with Crippen LogP contribution < -0.4 is 14.4 Å². The SMILES string of the molecule is O=C1c2ccccc2S(=O)(=O)N1CCCCN1CCN(c2cc(Br)cc3c2OCCO3)CC1. The molecule has 0 saturated carbocycles. The summed E-state index contributed by atoms with van der Waals surface area (Å²) in [6.45, 7) is 5.79. The van der Waals surface area contributed by atoms with Crippen molar-refractivity contribution in [3.8, 4) is 11.5 Å². The predicted octanol–water partition coefficient (Wildman–Crippen LogP) is 2.97. The van der Waals surface area contributed by atoms with Gasteiger partial charge in [0.15, 0.2) is 11.5 Å². The molecule has 0 aromatic heterocycles. The molecule has 2 aromatic rings. The minimum Gasteiger partial charge on any atom is -0.486 e. The lowest BCUT2D eigenvalue weighted by molar-refractivity contribution is 0.0868. The van der Waals surface area contributed by atoms with Crippen LogP contribution in [0, 0.1) is 0 Å². The summed E-state index contributed by atoms with van der Waals surface area (Å²) in [5.41, 5.74) is 1.33. The van der Waals surface area contributed by atoms with E-state index in [1.165, 1.54) is 6.07 Å². The van der Waals surface area contributed by atoms with Gasteiger partial charge in [0.25, 0.3) is 15.9 Å². The van der Waals surface area contributed by atoms with Crippen molar-refractivity contribution < 1.29 is 22.7 Å². The number of hydrogen-bond donors (Lipinski definition) is 0. The minimum absolute atomic E-state index is 0.121. The van der Waals surface area contributed by atoms with E-state index in [2.05, 4.69) is 31.8 Å². The standard InChI is InChI=1S/C23H26BrN3O5S/c24-17-15-19(22-20(16-17)31-13-14-32-22)26-11-9-25(10-12-26)7-3-4-8-27-23(28)18-5-1-2-6-21(18)33(27,29)30/h1-2,5-6,15-16H,3-4,7-14H2. The number of carbonyl (C=O) groups is 1. The van der Waals surface area contributed by atoms with Crippen LogP contribution in [0.3, 0.4) is 0 Å². The Morgan fingerprint density at radius 2 is 1.67 bits per heavy atom. The second-order valence-electron chi connectivity index (χ2n) is 8.36. The molecular formula is C23H26BrN3O5S. The van der Waals surface area contributed by atoms with Gasteiger partial charge in [-0.05, 0) is 43.7 Å². The number of piperazine rings is 1. The van der Waals surface area contributed by atoms with Crippen molar-refractivity contribution in [3.63, 3.8) is 0 Å². The minimum atomic E-state index is -3.71. The molecule has 0 N–H and O–H groups in total. The Morgan fingerprint density at radius 3 is 2.45 bits per heavy atom. The largest absolute Gasteiger partial charge is 0.486 e. The van der Waals surface area contributed by atoms with Crippen molar-refractivity contribution in [1.29, 1.82) is 0 Å². The predicted molar refractivity (Wildman–Crippen MR) is 128 cm³/mol. The molecule has 8 nitrogen and oxygen atoms in total. The monoisotopic (exact) mass is 535 g/mol. The first-order valence-corrected chi connectivity index (χ1v) is 13.4. The van der Waals surface area contributed by atoms with Gasteiger partial charge in [0.05, 0.1) is 11.3 Å². The fourth-order valence-electron chi connectivity index (χ4n) is 4.59. The van der Waals surface area contributed by atoms with E-state index in [0.717, 1.165) is 65.1 Å². The molecule has 1 amide bonds. The number of benzene rings is 2. The summed E-state index contributed by atoms with van der Waals surface area (Å²) in [4.78, 5) is 17.3. The van der Waals surface area contributed by atoms with Gasteiger partial charge in [-0.1, -0.05) is 28.1 Å². The number of fused-ring (bicyclic) bond motifs is 2. The van der Waals surface area contributed by atoms with Gasteiger partial charge in [-0.15, -0.1) is 0 Å². The first-order valence-electron chi connectivity index (χ1n) is 11.2. The summed E-state index contributed by atoms with van der Waals surface area (Å²) >= 11 is 3.57. The van der Waals surface area contributed by atoms with Gasteiger partial charge in [-0.3, -0.25) is 9.69 Å². The molecular weight excluding hydrogens is 510 g/mol. The fourth-order valence-corrected chi connectivity index (χ4v) is 6.62.